The monoisotopic (exact) mass is 525 g/mol. The summed E-state index contributed by atoms with van der Waals surface area (Å²) in [5.74, 6) is -1.21. The number of oxazole rings is 1. The van der Waals surface area contributed by atoms with Crippen LogP contribution in [0.3, 0.4) is 0 Å². The van der Waals surface area contributed by atoms with E-state index in [1.807, 2.05) is 6.07 Å². The fourth-order valence-corrected chi connectivity index (χ4v) is 5.57. The molecule has 3 aliphatic heterocycles. The second-order valence-electron chi connectivity index (χ2n) is 9.68. The van der Waals surface area contributed by atoms with E-state index in [2.05, 4.69) is 9.88 Å². The lowest BCUT2D eigenvalue weighted by Gasteiger charge is -2.49. The fourth-order valence-electron chi connectivity index (χ4n) is 5.57. The van der Waals surface area contributed by atoms with E-state index in [1.165, 1.54) is 30.3 Å². The predicted molar refractivity (Wildman–Crippen MR) is 139 cm³/mol. The molecular weight excluding hydrogens is 500 g/mol. The topological polar surface area (TPSA) is 69.5 Å². The number of benzene rings is 3. The molecule has 1 atom stereocenters. The van der Waals surface area contributed by atoms with E-state index in [0.29, 0.717) is 28.1 Å². The van der Waals surface area contributed by atoms with Gasteiger partial charge < -0.3 is 14.2 Å². The van der Waals surface area contributed by atoms with E-state index >= 15 is 4.39 Å². The van der Waals surface area contributed by atoms with Gasteiger partial charge in [0.2, 0.25) is 0 Å². The van der Waals surface area contributed by atoms with Crippen LogP contribution in [0, 0.1) is 17.6 Å². The minimum Gasteiger partial charge on any atom is -0.408 e. The van der Waals surface area contributed by atoms with E-state index < -0.39 is 17.4 Å². The Balaban J connectivity index is 0.00000280. The van der Waals surface area contributed by atoms with Crippen LogP contribution in [0.5, 0.6) is 0 Å². The number of hydrogen-bond acceptors (Lipinski definition) is 4. The lowest BCUT2D eigenvalue weighted by atomic mass is 9.82. The molecule has 3 saturated heterocycles. The van der Waals surface area contributed by atoms with Gasteiger partial charge in [-0.1, -0.05) is 12.1 Å². The first-order valence-electron chi connectivity index (χ1n) is 12.2. The fraction of sp³-hybridized carbons (Fsp3) is 0.286. The summed E-state index contributed by atoms with van der Waals surface area (Å²) in [6, 6.07) is 15.6. The van der Waals surface area contributed by atoms with Gasteiger partial charge in [0.1, 0.15) is 11.6 Å². The van der Waals surface area contributed by atoms with Crippen LogP contribution in [-0.4, -0.2) is 46.4 Å². The average Bonchev–Trinajstić information content (AvgIpc) is 3.28. The van der Waals surface area contributed by atoms with Crippen molar-refractivity contribution in [2.75, 3.05) is 19.6 Å². The van der Waals surface area contributed by atoms with E-state index in [9.17, 15) is 14.0 Å². The number of halogens is 3. The normalized spacial score (nSPS) is 20.5. The number of nitrogens with one attached hydrogen (secondary N) is 1. The van der Waals surface area contributed by atoms with Crippen LogP contribution in [0.2, 0.25) is 0 Å². The van der Waals surface area contributed by atoms with Gasteiger partial charge >= 0.3 is 5.76 Å². The Kier molecular flexibility index (Phi) is 6.88. The Morgan fingerprint density at radius 3 is 2.41 bits per heavy atom. The summed E-state index contributed by atoms with van der Waals surface area (Å²) in [6.45, 7) is 2.89. The third-order valence-electron chi connectivity index (χ3n) is 7.51. The van der Waals surface area contributed by atoms with E-state index in [1.54, 1.807) is 29.2 Å². The molecule has 7 rings (SSSR count). The SMILES string of the molecule is Cl.O=C(c1ccc(F)cc1)N(Cc1cc(-c2ccc3[nH]c(=O)oc3c2)ccc1F)[C@@H]1CN2CCC1CC2. The number of aromatic nitrogens is 1. The summed E-state index contributed by atoms with van der Waals surface area (Å²) >= 11 is 0. The van der Waals surface area contributed by atoms with Crippen LogP contribution < -0.4 is 5.76 Å². The van der Waals surface area contributed by atoms with Gasteiger partial charge in [0.15, 0.2) is 5.58 Å². The molecule has 0 aliphatic carbocycles. The maximum absolute atomic E-state index is 15.1. The van der Waals surface area contributed by atoms with Crippen LogP contribution >= 0.6 is 12.4 Å². The standard InChI is InChI=1S/C28H25F2N3O3.ClH/c29-22-5-1-18(2-6-22)27(34)33(25-16-32-11-9-17(25)10-12-32)15-21-13-19(3-7-23(21)30)20-4-8-24-26(14-20)36-28(35)31-24;/h1-8,13-14,17,25H,9-12,15-16H2,(H,31,35);1H/t25-;/m1./s1. The summed E-state index contributed by atoms with van der Waals surface area (Å²) in [7, 11) is 0. The Hall–Kier alpha value is -3.49. The van der Waals surface area contributed by atoms with Gasteiger partial charge in [-0.15, -0.1) is 12.4 Å². The van der Waals surface area contributed by atoms with E-state index in [4.69, 9.17) is 4.42 Å². The molecule has 1 amide bonds. The van der Waals surface area contributed by atoms with Crippen molar-refractivity contribution < 1.29 is 18.0 Å². The number of aromatic amines is 1. The number of carbonyl (C=O) groups excluding carboxylic acids is 1. The summed E-state index contributed by atoms with van der Waals surface area (Å²) in [6.07, 6.45) is 2.00. The summed E-state index contributed by atoms with van der Waals surface area (Å²) in [5, 5.41) is 0. The molecule has 2 bridgehead atoms. The molecule has 9 heteroatoms. The maximum Gasteiger partial charge on any atom is 0.417 e. The molecule has 192 valence electrons. The Morgan fingerprint density at radius 2 is 1.70 bits per heavy atom. The zero-order valence-corrected chi connectivity index (χ0v) is 20.8. The van der Waals surface area contributed by atoms with Crippen molar-refractivity contribution in [2.24, 2.45) is 5.92 Å². The first-order chi connectivity index (χ1) is 17.4. The van der Waals surface area contributed by atoms with Gasteiger partial charge in [0.25, 0.3) is 5.91 Å². The van der Waals surface area contributed by atoms with Crippen molar-refractivity contribution >= 4 is 29.4 Å². The van der Waals surface area contributed by atoms with Gasteiger partial charge in [-0.25, -0.2) is 13.6 Å². The molecule has 4 aromatic rings. The third kappa shape index (κ3) is 4.91. The number of nitrogens with zero attached hydrogens (tertiary/aromatic N) is 2. The molecule has 0 spiro atoms. The van der Waals surface area contributed by atoms with E-state index in [0.717, 1.165) is 43.6 Å². The van der Waals surface area contributed by atoms with Crippen molar-refractivity contribution in [3.63, 3.8) is 0 Å². The van der Waals surface area contributed by atoms with Gasteiger partial charge in [-0.2, -0.15) is 0 Å². The summed E-state index contributed by atoms with van der Waals surface area (Å²) in [4.78, 5) is 31.9. The lowest BCUT2D eigenvalue weighted by molar-refractivity contribution is 0.00434. The highest BCUT2D eigenvalue weighted by Crippen LogP contribution is 2.34. The molecule has 0 saturated carbocycles. The zero-order chi connectivity index (χ0) is 24.8. The highest BCUT2D eigenvalue weighted by Gasteiger charge is 2.39. The lowest BCUT2D eigenvalue weighted by Crippen LogP contribution is -2.58. The van der Waals surface area contributed by atoms with Crippen molar-refractivity contribution in [1.82, 2.24) is 14.8 Å². The Labute approximate surface area is 218 Å². The van der Waals surface area contributed by atoms with Crippen LogP contribution in [0.15, 0.2) is 69.9 Å². The van der Waals surface area contributed by atoms with Crippen molar-refractivity contribution in [2.45, 2.75) is 25.4 Å². The molecule has 1 aromatic heterocycles. The number of H-pyrrole nitrogens is 1. The molecule has 1 N–H and O–H groups in total. The minimum absolute atomic E-state index is 0. The highest BCUT2D eigenvalue weighted by molar-refractivity contribution is 5.94. The van der Waals surface area contributed by atoms with Crippen molar-refractivity contribution in [3.8, 4) is 11.1 Å². The molecule has 3 aromatic carbocycles. The number of amides is 1. The average molecular weight is 526 g/mol. The largest absolute Gasteiger partial charge is 0.417 e. The maximum atomic E-state index is 15.1. The molecule has 3 fully saturated rings. The van der Waals surface area contributed by atoms with Crippen molar-refractivity contribution in [1.29, 1.82) is 0 Å². The first-order valence-corrected chi connectivity index (χ1v) is 12.2. The third-order valence-corrected chi connectivity index (χ3v) is 7.51. The molecule has 3 aliphatic rings. The van der Waals surface area contributed by atoms with Gasteiger partial charge in [0, 0.05) is 30.3 Å². The highest BCUT2D eigenvalue weighted by atomic mass is 35.5. The van der Waals surface area contributed by atoms with Crippen LogP contribution in [0.4, 0.5) is 8.78 Å². The smallest absolute Gasteiger partial charge is 0.408 e. The predicted octanol–water partition coefficient (Wildman–Crippen LogP) is 5.22. The number of hydrogen-bond donors (Lipinski definition) is 1. The molecule has 0 unspecified atom stereocenters. The molecule has 4 heterocycles. The first kappa shape index (κ1) is 25.2. The van der Waals surface area contributed by atoms with Gasteiger partial charge in [-0.3, -0.25) is 9.78 Å². The summed E-state index contributed by atoms with van der Waals surface area (Å²) < 4.78 is 33.8. The molecule has 37 heavy (non-hydrogen) atoms. The van der Waals surface area contributed by atoms with Gasteiger partial charge in [0.05, 0.1) is 5.52 Å². The minimum atomic E-state index is -0.533. The number of piperidine rings is 3. The second-order valence-corrected chi connectivity index (χ2v) is 9.68. The van der Waals surface area contributed by atoms with Crippen molar-refractivity contribution in [3.05, 3.63) is 94.0 Å². The second kappa shape index (κ2) is 10.1. The number of fused-ring (bicyclic) bond motifs is 4. The molecular formula is C28H26ClF2N3O3. The number of carbonyl (C=O) groups is 1. The van der Waals surface area contributed by atoms with Crippen LogP contribution in [0.25, 0.3) is 22.2 Å². The van der Waals surface area contributed by atoms with Crippen LogP contribution in [0.1, 0.15) is 28.8 Å². The Morgan fingerprint density at radius 1 is 1.00 bits per heavy atom. The van der Waals surface area contributed by atoms with Gasteiger partial charge in [-0.05, 0) is 91.5 Å². The summed E-state index contributed by atoms with van der Waals surface area (Å²) in [5.41, 5.74) is 3.31. The quantitative estimate of drug-likeness (QED) is 0.387. The number of rotatable bonds is 5. The molecule has 0 radical (unpaired) electrons. The molecule has 6 nitrogen and oxygen atoms in total. The van der Waals surface area contributed by atoms with E-state index in [-0.39, 0.29) is 30.9 Å². The van der Waals surface area contributed by atoms with Crippen LogP contribution in [-0.2, 0) is 6.54 Å². The Bertz CT molecular complexity index is 1490. The zero-order valence-electron chi connectivity index (χ0n) is 20.0.